The van der Waals surface area contributed by atoms with Crippen LogP contribution in [0.3, 0.4) is 0 Å². The quantitative estimate of drug-likeness (QED) is 0.297. The zero-order valence-corrected chi connectivity index (χ0v) is 23.5. The zero-order valence-electron chi connectivity index (χ0n) is 21.9. The van der Waals surface area contributed by atoms with Crippen molar-refractivity contribution in [2.24, 2.45) is 10.7 Å². The number of nitrogens with two attached hydrogens (primary N) is 1. The van der Waals surface area contributed by atoms with Crippen LogP contribution in [0.4, 0.5) is 10.8 Å². The van der Waals surface area contributed by atoms with Gasteiger partial charge in [0.2, 0.25) is 5.91 Å². The Morgan fingerprint density at radius 1 is 1.32 bits per heavy atom. The van der Waals surface area contributed by atoms with Gasteiger partial charge in [0, 0.05) is 47.6 Å². The molecule has 4 N–H and O–H groups in total. The first-order valence-corrected chi connectivity index (χ1v) is 14.2. The second kappa shape index (κ2) is 13.6. The molecule has 0 atom stereocenters. The van der Waals surface area contributed by atoms with Crippen molar-refractivity contribution in [1.29, 1.82) is 0 Å². The van der Waals surface area contributed by atoms with E-state index in [2.05, 4.69) is 45.9 Å². The molecule has 1 aliphatic heterocycles. The Morgan fingerprint density at radius 2 is 2.05 bits per heavy atom. The Bertz CT molecular complexity index is 1140. The van der Waals surface area contributed by atoms with E-state index in [0.717, 1.165) is 25.9 Å². The standard InChI is InChI=1S/C26H36N6O3S2/c1-6-28-25(24(34)29-19-10-12-32(13-11-19)16(3)4)37-17(5)21-15-36-26(31-21)30-20-14-18(23(27)33)8-9-22(20)35-7-2/h8-9,14-16,19H,5-7,10-13H2,1-4H3,(H2,27,33)(H,29,34)(H,30,31). The Kier molecular flexibility index (Phi) is 10.5. The predicted octanol–water partition coefficient (Wildman–Crippen LogP) is 4.50. The second-order valence-electron chi connectivity index (χ2n) is 8.85. The van der Waals surface area contributed by atoms with Gasteiger partial charge in [0.25, 0.3) is 5.91 Å². The van der Waals surface area contributed by atoms with Crippen molar-refractivity contribution in [2.45, 2.75) is 52.6 Å². The number of nitrogens with zero attached hydrogens (tertiary/aromatic N) is 3. The zero-order chi connectivity index (χ0) is 26.9. The largest absolute Gasteiger partial charge is 0.492 e. The van der Waals surface area contributed by atoms with Gasteiger partial charge in [0.15, 0.2) is 10.2 Å². The molecule has 0 aliphatic carbocycles. The molecule has 1 aromatic heterocycles. The third-order valence-corrected chi connectivity index (χ3v) is 7.63. The molecule has 1 fully saturated rings. The van der Waals surface area contributed by atoms with E-state index in [9.17, 15) is 9.59 Å². The van der Waals surface area contributed by atoms with Gasteiger partial charge >= 0.3 is 0 Å². The fourth-order valence-corrected chi connectivity index (χ4v) is 5.51. The van der Waals surface area contributed by atoms with Crippen molar-refractivity contribution in [3.8, 4) is 5.75 Å². The van der Waals surface area contributed by atoms with Crippen LogP contribution in [0.25, 0.3) is 4.91 Å². The van der Waals surface area contributed by atoms with Gasteiger partial charge < -0.3 is 26.0 Å². The molecule has 11 heteroatoms. The molecule has 200 valence electrons. The fraction of sp³-hybridized carbons (Fsp3) is 0.462. The van der Waals surface area contributed by atoms with Crippen LogP contribution in [0.1, 0.15) is 56.6 Å². The van der Waals surface area contributed by atoms with E-state index in [1.54, 1.807) is 18.2 Å². The summed E-state index contributed by atoms with van der Waals surface area (Å²) in [6, 6.07) is 5.62. The van der Waals surface area contributed by atoms with Crippen LogP contribution in [-0.2, 0) is 4.79 Å². The van der Waals surface area contributed by atoms with E-state index in [1.807, 2.05) is 19.2 Å². The number of thiazole rings is 1. The first-order chi connectivity index (χ1) is 17.7. The van der Waals surface area contributed by atoms with Crippen LogP contribution in [0.2, 0.25) is 0 Å². The number of rotatable bonds is 10. The molecule has 0 saturated carbocycles. The predicted molar refractivity (Wildman–Crippen MR) is 154 cm³/mol. The molecule has 0 unspecified atom stereocenters. The van der Waals surface area contributed by atoms with Crippen molar-refractivity contribution in [3.05, 3.63) is 41.4 Å². The lowest BCUT2D eigenvalue weighted by Gasteiger charge is -2.34. The van der Waals surface area contributed by atoms with E-state index < -0.39 is 5.91 Å². The monoisotopic (exact) mass is 544 g/mol. The van der Waals surface area contributed by atoms with Crippen molar-refractivity contribution >= 4 is 55.7 Å². The van der Waals surface area contributed by atoms with E-state index in [1.165, 1.54) is 23.1 Å². The van der Waals surface area contributed by atoms with Gasteiger partial charge in [-0.1, -0.05) is 18.3 Å². The Hall–Kier alpha value is -2.89. The number of benzene rings is 1. The Balaban J connectivity index is 1.65. The molecule has 0 spiro atoms. The first-order valence-electron chi connectivity index (χ1n) is 12.5. The molecule has 2 amide bonds. The Labute approximate surface area is 227 Å². The summed E-state index contributed by atoms with van der Waals surface area (Å²) in [5.74, 6) is -0.109. The number of carbonyl (C=O) groups is 2. The molecule has 1 aromatic carbocycles. The molecule has 2 heterocycles. The number of carbonyl (C=O) groups excluding carboxylic acids is 2. The number of likely N-dealkylation sites (tertiary alicyclic amines) is 1. The fourth-order valence-electron chi connectivity index (χ4n) is 3.91. The number of hydrogen-bond donors (Lipinski definition) is 3. The molecule has 9 nitrogen and oxygen atoms in total. The van der Waals surface area contributed by atoms with Crippen LogP contribution in [-0.4, -0.2) is 65.1 Å². The van der Waals surface area contributed by atoms with Crippen LogP contribution < -0.4 is 21.1 Å². The van der Waals surface area contributed by atoms with Crippen molar-refractivity contribution < 1.29 is 14.3 Å². The molecule has 0 radical (unpaired) electrons. The van der Waals surface area contributed by atoms with Gasteiger partial charge in [-0.3, -0.25) is 14.6 Å². The second-order valence-corrected chi connectivity index (χ2v) is 10.8. The number of ether oxygens (including phenoxy) is 1. The van der Waals surface area contributed by atoms with Gasteiger partial charge in [-0.05, 0) is 58.7 Å². The van der Waals surface area contributed by atoms with E-state index in [4.69, 9.17) is 10.5 Å². The highest BCUT2D eigenvalue weighted by molar-refractivity contribution is 8.23. The minimum Gasteiger partial charge on any atom is -0.492 e. The lowest BCUT2D eigenvalue weighted by molar-refractivity contribution is -0.115. The summed E-state index contributed by atoms with van der Waals surface area (Å²) >= 11 is 2.61. The van der Waals surface area contributed by atoms with Gasteiger partial charge in [-0.25, -0.2) is 4.98 Å². The SMILES string of the molecule is C=C(SC(=NCC)C(=O)NC1CCN(C(C)C)CC1)c1csc(Nc2cc(C(N)=O)ccc2OCC)n1. The van der Waals surface area contributed by atoms with E-state index in [-0.39, 0.29) is 11.9 Å². The number of nitrogens with one attached hydrogen (secondary N) is 2. The topological polar surface area (TPSA) is 122 Å². The number of aromatic nitrogens is 1. The molecule has 3 rings (SSSR count). The Morgan fingerprint density at radius 3 is 2.68 bits per heavy atom. The molecule has 1 saturated heterocycles. The number of anilines is 2. The number of piperidine rings is 1. The first kappa shape index (κ1) is 28.7. The van der Waals surface area contributed by atoms with Crippen LogP contribution in [0.5, 0.6) is 5.75 Å². The maximum atomic E-state index is 13.0. The molecular formula is C26H36N6O3S2. The van der Waals surface area contributed by atoms with Crippen molar-refractivity contribution in [3.63, 3.8) is 0 Å². The summed E-state index contributed by atoms with van der Waals surface area (Å²) in [5.41, 5.74) is 7.03. The molecule has 37 heavy (non-hydrogen) atoms. The minimum atomic E-state index is -0.526. The molecule has 1 aliphatic rings. The molecular weight excluding hydrogens is 508 g/mol. The van der Waals surface area contributed by atoms with Gasteiger partial charge in [-0.15, -0.1) is 11.3 Å². The maximum absolute atomic E-state index is 13.0. The summed E-state index contributed by atoms with van der Waals surface area (Å²) in [6.07, 6.45) is 1.85. The van der Waals surface area contributed by atoms with Gasteiger partial charge in [0.1, 0.15) is 5.75 Å². The number of aliphatic imine (C=N–C) groups is 1. The van der Waals surface area contributed by atoms with Gasteiger partial charge in [-0.2, -0.15) is 0 Å². The average molecular weight is 545 g/mol. The smallest absolute Gasteiger partial charge is 0.276 e. The third kappa shape index (κ3) is 8.05. The van der Waals surface area contributed by atoms with Crippen molar-refractivity contribution in [2.75, 3.05) is 31.6 Å². The number of primary amides is 1. The van der Waals surface area contributed by atoms with Crippen LogP contribution in [0, 0.1) is 0 Å². The maximum Gasteiger partial charge on any atom is 0.276 e. The normalized spacial score (nSPS) is 15.0. The molecule has 0 bridgehead atoms. The molecule has 2 aromatic rings. The lowest BCUT2D eigenvalue weighted by Crippen LogP contribution is -2.47. The number of thioether (sulfide) groups is 1. The summed E-state index contributed by atoms with van der Waals surface area (Å²) in [4.78, 5) is 36.7. The van der Waals surface area contributed by atoms with Crippen molar-refractivity contribution in [1.82, 2.24) is 15.2 Å². The van der Waals surface area contributed by atoms with Crippen LogP contribution >= 0.6 is 23.1 Å². The van der Waals surface area contributed by atoms with Crippen LogP contribution in [0.15, 0.2) is 35.2 Å². The average Bonchev–Trinajstić information content (AvgIpc) is 3.33. The van der Waals surface area contributed by atoms with E-state index >= 15 is 0 Å². The highest BCUT2D eigenvalue weighted by Gasteiger charge is 2.24. The number of amides is 2. The number of hydrogen-bond acceptors (Lipinski definition) is 9. The lowest BCUT2D eigenvalue weighted by atomic mass is 10.0. The summed E-state index contributed by atoms with van der Waals surface area (Å²) in [5, 5.41) is 9.19. The van der Waals surface area contributed by atoms with E-state index in [0.29, 0.717) is 57.0 Å². The highest BCUT2D eigenvalue weighted by Crippen LogP contribution is 2.34. The summed E-state index contributed by atoms with van der Waals surface area (Å²) in [6.45, 7) is 15.2. The minimum absolute atomic E-state index is 0.143. The summed E-state index contributed by atoms with van der Waals surface area (Å²) in [7, 11) is 0. The van der Waals surface area contributed by atoms with Gasteiger partial charge in [0.05, 0.1) is 18.0 Å². The summed E-state index contributed by atoms with van der Waals surface area (Å²) < 4.78 is 5.66. The third-order valence-electron chi connectivity index (χ3n) is 5.91. The highest BCUT2D eigenvalue weighted by atomic mass is 32.2.